The number of carbonyl (C=O) groups is 2. The van der Waals surface area contributed by atoms with Gasteiger partial charge in [-0.2, -0.15) is 0 Å². The van der Waals surface area contributed by atoms with E-state index in [1.165, 1.54) is 23.3 Å². The lowest BCUT2D eigenvalue weighted by Gasteiger charge is -2.19. The number of carboxylic acids is 1. The van der Waals surface area contributed by atoms with Crippen molar-refractivity contribution in [3.05, 3.63) is 70.5 Å². The summed E-state index contributed by atoms with van der Waals surface area (Å²) in [6.07, 6.45) is 1.97. The van der Waals surface area contributed by atoms with Gasteiger partial charge in [-0.25, -0.2) is 9.18 Å². The molecule has 124 valence electrons. The predicted octanol–water partition coefficient (Wildman–Crippen LogP) is 3.29. The lowest BCUT2D eigenvalue weighted by molar-refractivity contribution is 0.0695. The molecule has 1 saturated carbocycles. The maximum atomic E-state index is 14.0. The Labute approximate surface area is 139 Å². The fourth-order valence-corrected chi connectivity index (χ4v) is 3.04. The number of aryl methyl sites for hydroxylation is 1. The van der Waals surface area contributed by atoms with Crippen LogP contribution in [0.5, 0.6) is 0 Å². The number of nitrogens with one attached hydrogen (secondary N) is 1. The third-order valence-electron chi connectivity index (χ3n) is 4.62. The highest BCUT2D eigenvalue weighted by atomic mass is 19.1. The molecule has 4 nitrogen and oxygen atoms in total. The highest BCUT2D eigenvalue weighted by Crippen LogP contribution is 2.48. The number of carboxylic acid groups (broad SMARTS) is 1. The summed E-state index contributed by atoms with van der Waals surface area (Å²) >= 11 is 0. The summed E-state index contributed by atoms with van der Waals surface area (Å²) in [5.41, 5.74) is 2.01. The molecular formula is C19H18FNO3. The van der Waals surface area contributed by atoms with Crippen molar-refractivity contribution in [2.24, 2.45) is 0 Å². The van der Waals surface area contributed by atoms with E-state index < -0.39 is 17.7 Å². The van der Waals surface area contributed by atoms with Gasteiger partial charge in [-0.15, -0.1) is 0 Å². The van der Waals surface area contributed by atoms with Crippen molar-refractivity contribution in [3.63, 3.8) is 0 Å². The van der Waals surface area contributed by atoms with Crippen LogP contribution in [0.2, 0.25) is 0 Å². The Balaban J connectivity index is 1.72. The zero-order chi connectivity index (χ0) is 17.3. The number of carbonyl (C=O) groups excluding carboxylic acids is 1. The van der Waals surface area contributed by atoms with Crippen LogP contribution < -0.4 is 5.32 Å². The first-order valence-electron chi connectivity index (χ1n) is 7.80. The molecule has 2 aromatic carbocycles. The van der Waals surface area contributed by atoms with Gasteiger partial charge in [0.15, 0.2) is 0 Å². The van der Waals surface area contributed by atoms with Gasteiger partial charge >= 0.3 is 5.97 Å². The summed E-state index contributed by atoms with van der Waals surface area (Å²) in [6, 6.07) is 11.4. The average Bonchev–Trinajstić information content (AvgIpc) is 3.34. The molecule has 1 aliphatic rings. The quantitative estimate of drug-likeness (QED) is 0.885. The van der Waals surface area contributed by atoms with Crippen molar-refractivity contribution >= 4 is 11.9 Å². The first kappa shape index (κ1) is 16.2. The highest BCUT2D eigenvalue weighted by Gasteiger charge is 2.45. The van der Waals surface area contributed by atoms with Crippen LogP contribution in [0.25, 0.3) is 0 Å². The summed E-state index contributed by atoms with van der Waals surface area (Å²) in [7, 11) is 0. The van der Waals surface area contributed by atoms with E-state index in [1.807, 2.05) is 25.1 Å². The third-order valence-corrected chi connectivity index (χ3v) is 4.62. The number of hydrogen-bond donors (Lipinski definition) is 2. The number of hydrogen-bond acceptors (Lipinski definition) is 2. The van der Waals surface area contributed by atoms with Crippen molar-refractivity contribution in [2.75, 3.05) is 6.54 Å². The second kappa shape index (κ2) is 6.07. The fraction of sp³-hybridized carbons (Fsp3) is 0.263. The number of aromatic carboxylic acids is 1. The maximum Gasteiger partial charge on any atom is 0.335 e. The molecule has 1 aliphatic carbocycles. The smallest absolute Gasteiger partial charge is 0.335 e. The number of benzene rings is 2. The molecule has 0 saturated heterocycles. The minimum Gasteiger partial charge on any atom is -0.478 e. The van der Waals surface area contributed by atoms with E-state index in [4.69, 9.17) is 5.11 Å². The first-order valence-corrected chi connectivity index (χ1v) is 7.80. The van der Waals surface area contributed by atoms with E-state index in [0.29, 0.717) is 6.54 Å². The van der Waals surface area contributed by atoms with Gasteiger partial charge in [0.2, 0.25) is 0 Å². The van der Waals surface area contributed by atoms with E-state index in [1.54, 1.807) is 0 Å². The molecule has 0 spiro atoms. The number of rotatable bonds is 5. The van der Waals surface area contributed by atoms with E-state index in [2.05, 4.69) is 11.4 Å². The van der Waals surface area contributed by atoms with Crippen LogP contribution >= 0.6 is 0 Å². The summed E-state index contributed by atoms with van der Waals surface area (Å²) in [5, 5.41) is 11.6. The zero-order valence-corrected chi connectivity index (χ0v) is 13.3. The minimum absolute atomic E-state index is 0.0709. The average molecular weight is 327 g/mol. The summed E-state index contributed by atoms with van der Waals surface area (Å²) < 4.78 is 14.0. The van der Waals surface area contributed by atoms with Crippen LogP contribution in [-0.2, 0) is 5.41 Å². The molecular weight excluding hydrogens is 309 g/mol. The molecule has 0 heterocycles. The van der Waals surface area contributed by atoms with Crippen LogP contribution in [0.15, 0.2) is 42.5 Å². The van der Waals surface area contributed by atoms with Crippen molar-refractivity contribution in [2.45, 2.75) is 25.2 Å². The van der Waals surface area contributed by atoms with Crippen molar-refractivity contribution in [1.82, 2.24) is 5.32 Å². The number of halogens is 1. The van der Waals surface area contributed by atoms with Crippen LogP contribution in [0.4, 0.5) is 4.39 Å². The largest absolute Gasteiger partial charge is 0.478 e. The zero-order valence-electron chi connectivity index (χ0n) is 13.3. The molecule has 0 aliphatic heterocycles. The first-order chi connectivity index (χ1) is 11.4. The molecule has 3 rings (SSSR count). The molecule has 2 aromatic rings. The standard InChI is InChI=1S/C19H18FNO3/c1-12-4-2-3-5-15(12)19(8-9-19)11-21-17(22)14-7-6-13(18(23)24)10-16(14)20/h2-7,10H,8-9,11H2,1H3,(H,21,22)(H,23,24). The lowest BCUT2D eigenvalue weighted by atomic mass is 9.92. The van der Waals surface area contributed by atoms with Gasteiger partial charge in [-0.3, -0.25) is 4.79 Å². The Bertz CT molecular complexity index is 812. The summed E-state index contributed by atoms with van der Waals surface area (Å²) in [5.74, 6) is -2.57. The van der Waals surface area contributed by atoms with Gasteiger partial charge in [0.25, 0.3) is 5.91 Å². The summed E-state index contributed by atoms with van der Waals surface area (Å²) in [4.78, 5) is 23.1. The van der Waals surface area contributed by atoms with E-state index in [-0.39, 0.29) is 16.5 Å². The lowest BCUT2D eigenvalue weighted by Crippen LogP contribution is -2.33. The van der Waals surface area contributed by atoms with Crippen molar-refractivity contribution in [1.29, 1.82) is 0 Å². The Kier molecular flexibility index (Phi) is 4.09. The summed E-state index contributed by atoms with van der Waals surface area (Å²) in [6.45, 7) is 2.48. The van der Waals surface area contributed by atoms with E-state index in [9.17, 15) is 14.0 Å². The van der Waals surface area contributed by atoms with Crippen LogP contribution in [-0.4, -0.2) is 23.5 Å². The predicted molar refractivity (Wildman–Crippen MR) is 87.8 cm³/mol. The normalized spacial score (nSPS) is 14.9. The van der Waals surface area contributed by atoms with Gasteiger partial charge in [0, 0.05) is 12.0 Å². The topological polar surface area (TPSA) is 66.4 Å². The van der Waals surface area contributed by atoms with Crippen LogP contribution in [0.3, 0.4) is 0 Å². The second-order valence-corrected chi connectivity index (χ2v) is 6.28. The van der Waals surface area contributed by atoms with E-state index in [0.717, 1.165) is 18.9 Å². The molecule has 24 heavy (non-hydrogen) atoms. The van der Waals surface area contributed by atoms with Crippen molar-refractivity contribution in [3.8, 4) is 0 Å². The van der Waals surface area contributed by atoms with Crippen LogP contribution in [0.1, 0.15) is 44.7 Å². The molecule has 2 N–H and O–H groups in total. The van der Waals surface area contributed by atoms with Gasteiger partial charge < -0.3 is 10.4 Å². The van der Waals surface area contributed by atoms with Gasteiger partial charge in [0.05, 0.1) is 11.1 Å². The van der Waals surface area contributed by atoms with Gasteiger partial charge in [-0.1, -0.05) is 24.3 Å². The molecule has 5 heteroatoms. The van der Waals surface area contributed by atoms with Crippen LogP contribution in [0, 0.1) is 12.7 Å². The Morgan fingerprint density at radius 1 is 1.21 bits per heavy atom. The Morgan fingerprint density at radius 3 is 2.50 bits per heavy atom. The molecule has 0 atom stereocenters. The molecule has 0 aromatic heterocycles. The highest BCUT2D eigenvalue weighted by molar-refractivity contribution is 5.96. The molecule has 0 bridgehead atoms. The van der Waals surface area contributed by atoms with Crippen molar-refractivity contribution < 1.29 is 19.1 Å². The maximum absolute atomic E-state index is 14.0. The number of amides is 1. The molecule has 0 unspecified atom stereocenters. The Morgan fingerprint density at radius 2 is 1.92 bits per heavy atom. The third kappa shape index (κ3) is 3.02. The monoisotopic (exact) mass is 327 g/mol. The SMILES string of the molecule is Cc1ccccc1C1(CNC(=O)c2ccc(C(=O)O)cc2F)CC1. The minimum atomic E-state index is -1.22. The molecule has 1 fully saturated rings. The van der Waals surface area contributed by atoms with Gasteiger partial charge in [-0.05, 0) is 49.1 Å². The Hall–Kier alpha value is -2.69. The van der Waals surface area contributed by atoms with Gasteiger partial charge in [0.1, 0.15) is 5.82 Å². The molecule has 0 radical (unpaired) electrons. The fourth-order valence-electron chi connectivity index (χ4n) is 3.04. The second-order valence-electron chi connectivity index (χ2n) is 6.28. The molecule has 1 amide bonds. The van der Waals surface area contributed by atoms with E-state index >= 15 is 0 Å².